The zero-order valence-electron chi connectivity index (χ0n) is 8.28. The van der Waals surface area contributed by atoms with Crippen LogP contribution in [0.5, 0.6) is 0 Å². The Labute approximate surface area is 78.6 Å². The molecule has 6 heteroatoms. The van der Waals surface area contributed by atoms with E-state index in [0.29, 0.717) is 0 Å². The highest BCUT2D eigenvalue weighted by molar-refractivity contribution is 7.52. The number of nitrogens with one attached hydrogen (secondary N) is 1. The van der Waals surface area contributed by atoms with Gasteiger partial charge in [0.15, 0.2) is 0 Å². The highest BCUT2D eigenvalue weighted by Crippen LogP contribution is 2.44. The van der Waals surface area contributed by atoms with Crippen LogP contribution in [0, 0.1) is 0 Å². The lowest BCUT2D eigenvalue weighted by molar-refractivity contribution is 0.110. The summed E-state index contributed by atoms with van der Waals surface area (Å²) in [7, 11) is -3.57. The largest absolute Gasteiger partial charge is 0.395 e. The predicted octanol–water partition coefficient (Wildman–Crippen LogP) is 0.526. The van der Waals surface area contributed by atoms with Crippen LogP contribution in [0.3, 0.4) is 0 Å². The van der Waals surface area contributed by atoms with E-state index < -0.39 is 13.2 Å². The molecule has 0 spiro atoms. The monoisotopic (exact) mass is 211 g/mol. The Morgan fingerprint density at radius 3 is 2.38 bits per heavy atom. The molecule has 80 valence electrons. The first-order valence-corrected chi connectivity index (χ1v) is 5.87. The molecule has 0 bridgehead atoms. The summed E-state index contributed by atoms with van der Waals surface area (Å²) in [6.07, 6.45) is -0.134. The van der Waals surface area contributed by atoms with Crippen molar-refractivity contribution in [1.82, 2.24) is 5.32 Å². The first-order valence-electron chi connectivity index (χ1n) is 4.11. The molecule has 0 saturated heterocycles. The molecule has 0 fully saturated rings. The van der Waals surface area contributed by atoms with Gasteiger partial charge in [0.1, 0.15) is 0 Å². The summed E-state index contributed by atoms with van der Waals surface area (Å²) in [5.41, 5.74) is -0.634. The summed E-state index contributed by atoms with van der Waals surface area (Å²) >= 11 is 0. The lowest BCUT2D eigenvalue weighted by atomic mass is 10.2. The zero-order chi connectivity index (χ0) is 10.5. The van der Waals surface area contributed by atoms with Crippen LogP contribution in [0.1, 0.15) is 20.8 Å². The molecule has 1 atom stereocenters. The molecular weight excluding hydrogens is 193 g/mol. The number of aliphatic hydroxyl groups excluding tert-OH is 1. The molecule has 3 N–H and O–H groups in total. The number of hydrogen-bond donors (Lipinski definition) is 3. The van der Waals surface area contributed by atoms with E-state index in [-0.39, 0.29) is 19.4 Å². The minimum atomic E-state index is -3.57. The lowest BCUT2D eigenvalue weighted by Gasteiger charge is -2.23. The molecule has 1 unspecified atom stereocenters. The van der Waals surface area contributed by atoms with Gasteiger partial charge in [-0.25, -0.2) is 0 Å². The van der Waals surface area contributed by atoms with Crippen molar-refractivity contribution in [3.05, 3.63) is 0 Å². The molecule has 0 aromatic heterocycles. The normalized spacial score (nSPS) is 17.0. The van der Waals surface area contributed by atoms with E-state index in [1.807, 2.05) is 0 Å². The van der Waals surface area contributed by atoms with Gasteiger partial charge in [0.05, 0.1) is 18.5 Å². The van der Waals surface area contributed by atoms with Crippen molar-refractivity contribution < 1.29 is 19.1 Å². The zero-order valence-corrected chi connectivity index (χ0v) is 9.17. The Hall–Kier alpha value is 0.0700. The molecule has 0 aliphatic carbocycles. The Bertz CT molecular complexity index is 189. The molecule has 13 heavy (non-hydrogen) atoms. The fourth-order valence-corrected chi connectivity index (χ4v) is 2.12. The van der Waals surface area contributed by atoms with Crippen LogP contribution in [-0.4, -0.2) is 35.0 Å². The summed E-state index contributed by atoms with van der Waals surface area (Å²) in [6, 6.07) is 0. The summed E-state index contributed by atoms with van der Waals surface area (Å²) in [5, 5.41) is 11.0. The Balaban J connectivity index is 3.88. The average molecular weight is 211 g/mol. The highest BCUT2D eigenvalue weighted by atomic mass is 31.2. The molecular formula is C7H18NO4P. The van der Waals surface area contributed by atoms with E-state index in [1.54, 1.807) is 20.8 Å². The molecule has 0 aliphatic heterocycles. The maximum absolute atomic E-state index is 11.3. The van der Waals surface area contributed by atoms with Gasteiger partial charge >= 0.3 is 7.60 Å². The van der Waals surface area contributed by atoms with E-state index in [1.165, 1.54) is 0 Å². The standard InChI is InChI=1S/C7H18NO4P/c1-7(2,3)12-13(10,11)6-8-4-5-9/h8-9H,4-6H2,1-3H3,(H,10,11). The first kappa shape index (κ1) is 13.1. The van der Waals surface area contributed by atoms with E-state index in [9.17, 15) is 9.46 Å². The van der Waals surface area contributed by atoms with E-state index in [4.69, 9.17) is 9.63 Å². The van der Waals surface area contributed by atoms with Gasteiger partial charge in [-0.2, -0.15) is 0 Å². The molecule has 0 heterocycles. The Kier molecular flexibility index (Phi) is 5.10. The third kappa shape index (κ3) is 8.40. The van der Waals surface area contributed by atoms with Crippen molar-refractivity contribution in [2.45, 2.75) is 26.4 Å². The summed E-state index contributed by atoms with van der Waals surface area (Å²) in [5.74, 6) is 0. The second kappa shape index (κ2) is 5.08. The number of hydrogen-bond acceptors (Lipinski definition) is 4. The van der Waals surface area contributed by atoms with Gasteiger partial charge in [-0.15, -0.1) is 0 Å². The second-order valence-electron chi connectivity index (χ2n) is 3.72. The average Bonchev–Trinajstić information content (AvgIpc) is 1.81. The quantitative estimate of drug-likeness (QED) is 0.456. The second-order valence-corrected chi connectivity index (χ2v) is 5.50. The van der Waals surface area contributed by atoms with Gasteiger partial charge in [0.2, 0.25) is 0 Å². The highest BCUT2D eigenvalue weighted by Gasteiger charge is 2.26. The maximum atomic E-state index is 11.3. The summed E-state index contributed by atoms with van der Waals surface area (Å²) in [4.78, 5) is 9.27. The molecule has 0 amide bonds. The SMILES string of the molecule is CC(C)(C)OP(=O)(O)CNCCO. The summed E-state index contributed by atoms with van der Waals surface area (Å²) < 4.78 is 16.2. The fraction of sp³-hybridized carbons (Fsp3) is 1.00. The van der Waals surface area contributed by atoms with Crippen molar-refractivity contribution in [2.24, 2.45) is 0 Å². The minimum absolute atomic E-state index is 0.0600. The minimum Gasteiger partial charge on any atom is -0.395 e. The Morgan fingerprint density at radius 2 is 2.00 bits per heavy atom. The molecule has 0 saturated carbocycles. The van der Waals surface area contributed by atoms with Gasteiger partial charge in [-0.05, 0) is 20.8 Å². The molecule has 0 aromatic carbocycles. The van der Waals surface area contributed by atoms with E-state index in [2.05, 4.69) is 5.32 Å². The van der Waals surface area contributed by atoms with Gasteiger partial charge in [0, 0.05) is 6.54 Å². The van der Waals surface area contributed by atoms with Crippen LogP contribution >= 0.6 is 7.60 Å². The van der Waals surface area contributed by atoms with Gasteiger partial charge in [-0.3, -0.25) is 4.57 Å². The van der Waals surface area contributed by atoms with Crippen molar-refractivity contribution in [3.63, 3.8) is 0 Å². The smallest absolute Gasteiger partial charge is 0.342 e. The number of aliphatic hydroxyl groups is 1. The first-order chi connectivity index (χ1) is 5.77. The van der Waals surface area contributed by atoms with Crippen LogP contribution in [-0.2, 0) is 9.09 Å². The number of rotatable bonds is 5. The van der Waals surface area contributed by atoms with Crippen LogP contribution in [0.15, 0.2) is 0 Å². The van der Waals surface area contributed by atoms with Crippen LogP contribution in [0.2, 0.25) is 0 Å². The molecule has 5 nitrogen and oxygen atoms in total. The van der Waals surface area contributed by atoms with Crippen LogP contribution in [0.25, 0.3) is 0 Å². The Morgan fingerprint density at radius 1 is 1.46 bits per heavy atom. The molecule has 0 radical (unpaired) electrons. The van der Waals surface area contributed by atoms with E-state index in [0.717, 1.165) is 0 Å². The van der Waals surface area contributed by atoms with Crippen molar-refractivity contribution in [1.29, 1.82) is 0 Å². The van der Waals surface area contributed by atoms with Crippen LogP contribution < -0.4 is 5.32 Å². The van der Waals surface area contributed by atoms with Crippen molar-refractivity contribution in [3.8, 4) is 0 Å². The van der Waals surface area contributed by atoms with Gasteiger partial charge in [0.25, 0.3) is 0 Å². The lowest BCUT2D eigenvalue weighted by Crippen LogP contribution is -2.24. The fourth-order valence-electron chi connectivity index (χ4n) is 0.760. The van der Waals surface area contributed by atoms with Gasteiger partial charge < -0.3 is 19.8 Å². The molecule has 0 aliphatic rings. The van der Waals surface area contributed by atoms with Crippen molar-refractivity contribution >= 4 is 7.60 Å². The topological polar surface area (TPSA) is 78.8 Å². The molecule has 0 aromatic rings. The maximum Gasteiger partial charge on any atom is 0.342 e. The van der Waals surface area contributed by atoms with Crippen molar-refractivity contribution in [2.75, 3.05) is 19.4 Å². The third-order valence-electron chi connectivity index (χ3n) is 1.02. The third-order valence-corrected chi connectivity index (χ3v) is 2.47. The predicted molar refractivity (Wildman–Crippen MR) is 50.6 cm³/mol. The summed E-state index contributed by atoms with van der Waals surface area (Å²) in [6.45, 7) is 5.36. The van der Waals surface area contributed by atoms with Gasteiger partial charge in [-0.1, -0.05) is 0 Å². The van der Waals surface area contributed by atoms with E-state index >= 15 is 0 Å². The molecule has 0 rings (SSSR count). The van der Waals surface area contributed by atoms with Crippen LogP contribution in [0.4, 0.5) is 0 Å².